The second-order valence-corrected chi connectivity index (χ2v) is 4.50. The van der Waals surface area contributed by atoms with Crippen LogP contribution in [0.4, 0.5) is 4.79 Å². The molecule has 17 heavy (non-hydrogen) atoms. The molecule has 6 heteroatoms. The molecular formula is C11H22N2O4. The fourth-order valence-corrected chi connectivity index (χ4v) is 1.24. The summed E-state index contributed by atoms with van der Waals surface area (Å²) in [4.78, 5) is 23.8. The van der Waals surface area contributed by atoms with Crippen LogP contribution in [0.25, 0.3) is 0 Å². The van der Waals surface area contributed by atoms with Crippen molar-refractivity contribution in [3.05, 3.63) is 0 Å². The zero-order valence-corrected chi connectivity index (χ0v) is 11.1. The summed E-state index contributed by atoms with van der Waals surface area (Å²) in [6, 6.07) is -1.22. The van der Waals surface area contributed by atoms with Crippen LogP contribution in [0, 0.1) is 0 Å². The first-order valence-corrected chi connectivity index (χ1v) is 5.53. The third-order valence-corrected chi connectivity index (χ3v) is 2.68. The second-order valence-electron chi connectivity index (χ2n) is 4.50. The van der Waals surface area contributed by atoms with E-state index < -0.39 is 23.6 Å². The summed E-state index contributed by atoms with van der Waals surface area (Å²) in [6.07, 6.45) is 0.368. The lowest BCUT2D eigenvalue weighted by Crippen LogP contribution is -2.50. The molecular weight excluding hydrogens is 224 g/mol. The minimum atomic E-state index is -1.00. The molecule has 1 atom stereocenters. The number of carbonyl (C=O) groups excluding carboxylic acids is 1. The lowest BCUT2D eigenvalue weighted by molar-refractivity contribution is -0.141. The number of carboxylic acids is 1. The highest BCUT2D eigenvalue weighted by atomic mass is 16.5. The number of ether oxygens (including phenoxy) is 1. The molecule has 0 aliphatic carbocycles. The number of carbonyl (C=O) groups is 2. The Kier molecular flexibility index (Phi) is 5.95. The third kappa shape index (κ3) is 5.04. The molecule has 0 rings (SSSR count). The molecule has 0 aliphatic heterocycles. The fraction of sp³-hybridized carbons (Fsp3) is 0.818. The van der Waals surface area contributed by atoms with E-state index in [4.69, 9.17) is 9.84 Å². The van der Waals surface area contributed by atoms with Crippen molar-refractivity contribution in [3.63, 3.8) is 0 Å². The highest BCUT2D eigenvalue weighted by Crippen LogP contribution is 2.06. The lowest BCUT2D eigenvalue weighted by atomic mass is 10.1. The molecule has 0 aromatic carbocycles. The van der Waals surface area contributed by atoms with Gasteiger partial charge in [-0.25, -0.2) is 9.59 Å². The van der Waals surface area contributed by atoms with Crippen molar-refractivity contribution in [2.75, 3.05) is 20.7 Å². The van der Waals surface area contributed by atoms with E-state index in [1.165, 1.54) is 11.9 Å². The molecule has 0 saturated carbocycles. The average molecular weight is 246 g/mol. The van der Waals surface area contributed by atoms with Gasteiger partial charge in [0.2, 0.25) is 0 Å². The molecule has 0 heterocycles. The molecule has 0 fully saturated rings. The fourth-order valence-electron chi connectivity index (χ4n) is 1.24. The lowest BCUT2D eigenvalue weighted by Gasteiger charge is -2.27. The Hall–Kier alpha value is -1.30. The number of rotatable bonds is 6. The SMILES string of the molecule is CCC(C(=O)O)N(C)C(=O)NCC(C)(C)OC. The molecule has 0 spiro atoms. The van der Waals surface area contributed by atoms with Crippen LogP contribution >= 0.6 is 0 Å². The molecule has 2 amide bonds. The van der Waals surface area contributed by atoms with E-state index in [-0.39, 0.29) is 0 Å². The second kappa shape index (κ2) is 6.44. The number of likely N-dealkylation sites (N-methyl/N-ethyl adjacent to an activating group) is 1. The first kappa shape index (κ1) is 15.7. The van der Waals surface area contributed by atoms with Crippen molar-refractivity contribution in [2.45, 2.75) is 38.8 Å². The Labute approximate surface area is 102 Å². The minimum Gasteiger partial charge on any atom is -0.480 e. The van der Waals surface area contributed by atoms with Gasteiger partial charge in [-0.1, -0.05) is 6.92 Å². The number of amides is 2. The summed E-state index contributed by atoms with van der Waals surface area (Å²) in [6.45, 7) is 5.72. The minimum absolute atomic E-state index is 0.322. The van der Waals surface area contributed by atoms with Gasteiger partial charge >= 0.3 is 12.0 Å². The first-order chi connectivity index (χ1) is 7.75. The largest absolute Gasteiger partial charge is 0.480 e. The Morgan fingerprint density at radius 3 is 2.35 bits per heavy atom. The van der Waals surface area contributed by atoms with Gasteiger partial charge < -0.3 is 20.1 Å². The van der Waals surface area contributed by atoms with Crippen molar-refractivity contribution in [1.82, 2.24) is 10.2 Å². The number of methoxy groups -OCH3 is 1. The van der Waals surface area contributed by atoms with Crippen LogP contribution < -0.4 is 5.32 Å². The quantitative estimate of drug-likeness (QED) is 0.730. The van der Waals surface area contributed by atoms with Crippen LogP contribution in [0.5, 0.6) is 0 Å². The van der Waals surface area contributed by atoms with E-state index >= 15 is 0 Å². The number of urea groups is 1. The van der Waals surface area contributed by atoms with Crippen molar-refractivity contribution < 1.29 is 19.4 Å². The number of hydrogen-bond donors (Lipinski definition) is 2. The topological polar surface area (TPSA) is 78.9 Å². The molecule has 100 valence electrons. The first-order valence-electron chi connectivity index (χ1n) is 5.53. The summed E-state index contributed by atoms with van der Waals surface area (Å²) < 4.78 is 5.15. The zero-order chi connectivity index (χ0) is 13.6. The average Bonchev–Trinajstić information content (AvgIpc) is 2.26. The summed E-state index contributed by atoms with van der Waals surface area (Å²) in [5.41, 5.74) is -0.471. The van der Waals surface area contributed by atoms with E-state index in [2.05, 4.69) is 5.32 Å². The summed E-state index contributed by atoms with van der Waals surface area (Å²) in [5, 5.41) is 11.6. The summed E-state index contributed by atoms with van der Waals surface area (Å²) in [5.74, 6) is -1.00. The number of nitrogens with one attached hydrogen (secondary N) is 1. The van der Waals surface area contributed by atoms with Gasteiger partial charge in [-0.2, -0.15) is 0 Å². The van der Waals surface area contributed by atoms with Gasteiger partial charge in [0, 0.05) is 20.7 Å². The van der Waals surface area contributed by atoms with Crippen LogP contribution in [0.2, 0.25) is 0 Å². The molecule has 0 aromatic rings. The van der Waals surface area contributed by atoms with Gasteiger partial charge in [0.1, 0.15) is 6.04 Å². The summed E-state index contributed by atoms with van der Waals surface area (Å²) >= 11 is 0. The Morgan fingerprint density at radius 2 is 2.00 bits per heavy atom. The van der Waals surface area contributed by atoms with Gasteiger partial charge in [-0.15, -0.1) is 0 Å². The van der Waals surface area contributed by atoms with Crippen molar-refractivity contribution in [2.24, 2.45) is 0 Å². The van der Waals surface area contributed by atoms with Crippen molar-refractivity contribution in [3.8, 4) is 0 Å². The Morgan fingerprint density at radius 1 is 1.47 bits per heavy atom. The Balaban J connectivity index is 4.36. The zero-order valence-electron chi connectivity index (χ0n) is 11.1. The molecule has 0 aromatic heterocycles. The predicted octanol–water partition coefficient (Wildman–Crippen LogP) is 0.916. The number of aliphatic carboxylic acids is 1. The highest BCUT2D eigenvalue weighted by Gasteiger charge is 2.26. The number of carboxylic acid groups (broad SMARTS) is 1. The normalized spacial score (nSPS) is 13.0. The molecule has 0 radical (unpaired) electrons. The van der Waals surface area contributed by atoms with Gasteiger partial charge in [0.25, 0.3) is 0 Å². The van der Waals surface area contributed by atoms with Gasteiger partial charge in [-0.3, -0.25) is 0 Å². The molecule has 0 saturated heterocycles. The number of nitrogens with zero attached hydrogens (tertiary/aromatic N) is 1. The van der Waals surface area contributed by atoms with E-state index in [0.29, 0.717) is 13.0 Å². The van der Waals surface area contributed by atoms with Crippen LogP contribution in [-0.4, -0.2) is 54.4 Å². The van der Waals surface area contributed by atoms with Crippen LogP contribution in [0.3, 0.4) is 0 Å². The molecule has 1 unspecified atom stereocenters. The highest BCUT2D eigenvalue weighted by molar-refractivity contribution is 5.82. The van der Waals surface area contributed by atoms with Crippen LogP contribution in [0.15, 0.2) is 0 Å². The van der Waals surface area contributed by atoms with E-state index in [0.717, 1.165) is 0 Å². The van der Waals surface area contributed by atoms with Crippen molar-refractivity contribution >= 4 is 12.0 Å². The molecule has 0 aliphatic rings. The standard InChI is InChI=1S/C11H22N2O4/c1-6-8(9(14)15)13(4)10(16)12-7-11(2,3)17-5/h8H,6-7H2,1-5H3,(H,12,16)(H,14,15). The van der Waals surface area contributed by atoms with Crippen LogP contribution in [0.1, 0.15) is 27.2 Å². The maximum atomic E-state index is 11.7. The van der Waals surface area contributed by atoms with E-state index in [1.807, 2.05) is 13.8 Å². The smallest absolute Gasteiger partial charge is 0.326 e. The molecule has 2 N–H and O–H groups in total. The van der Waals surface area contributed by atoms with Crippen LogP contribution in [-0.2, 0) is 9.53 Å². The molecule has 0 bridgehead atoms. The Bertz CT molecular complexity index is 279. The van der Waals surface area contributed by atoms with Gasteiger partial charge in [0.05, 0.1) is 5.60 Å². The monoisotopic (exact) mass is 246 g/mol. The van der Waals surface area contributed by atoms with Crippen molar-refractivity contribution in [1.29, 1.82) is 0 Å². The third-order valence-electron chi connectivity index (χ3n) is 2.68. The maximum Gasteiger partial charge on any atom is 0.326 e. The predicted molar refractivity (Wildman–Crippen MR) is 64.0 cm³/mol. The van der Waals surface area contributed by atoms with E-state index in [9.17, 15) is 9.59 Å². The summed E-state index contributed by atoms with van der Waals surface area (Å²) in [7, 11) is 3.03. The number of hydrogen-bond acceptors (Lipinski definition) is 3. The maximum absolute atomic E-state index is 11.7. The van der Waals surface area contributed by atoms with Gasteiger partial charge in [-0.05, 0) is 20.3 Å². The van der Waals surface area contributed by atoms with Gasteiger partial charge in [0.15, 0.2) is 0 Å². The van der Waals surface area contributed by atoms with E-state index in [1.54, 1.807) is 14.0 Å². The molecule has 6 nitrogen and oxygen atoms in total.